The average Bonchev–Trinajstić information content (AvgIpc) is 3.56. The van der Waals surface area contributed by atoms with Crippen molar-refractivity contribution >= 4 is 39.1 Å². The summed E-state index contributed by atoms with van der Waals surface area (Å²) in [5.74, 6) is 2.39. The van der Waals surface area contributed by atoms with Crippen molar-refractivity contribution < 1.29 is 13.2 Å². The summed E-state index contributed by atoms with van der Waals surface area (Å²) in [6.07, 6.45) is 2.35. The smallest absolute Gasteiger partial charge is 0.204 e. The second kappa shape index (κ2) is 15.9. The highest BCUT2D eigenvalue weighted by atomic mass is 32.2. The summed E-state index contributed by atoms with van der Waals surface area (Å²) in [4.78, 5) is 18.5. The molecule has 7 rings (SSSR count). The number of piperazine rings is 1. The van der Waals surface area contributed by atoms with Gasteiger partial charge in [-0.1, -0.05) is 60.7 Å². The minimum atomic E-state index is -3.49. The Hall–Kier alpha value is -4.43. The largest absolute Gasteiger partial charge is 0.490 e. The van der Waals surface area contributed by atoms with Crippen LogP contribution in [0.5, 0.6) is 5.75 Å². The second-order valence-corrected chi connectivity index (χ2v) is 16.1. The van der Waals surface area contributed by atoms with Crippen LogP contribution in [0.2, 0.25) is 0 Å². The van der Waals surface area contributed by atoms with Crippen LogP contribution in [0.15, 0.2) is 106 Å². The number of anilines is 3. The standard InChI is InChI=1S/C38H44N8O3S2/c1-28-25-34(43-42-28)39-36-35(49-2)37(46-23-21-45(22-24-46)31-17-19-44(20-18-31)26-29-9-5-3-6-10-29)41-38(40-36)50-32-13-15-33(16-14-32)51(47,48)27-30-11-7-4-8-12-30/h3-16,25,31H,17-24,26-27H2,1-2H3,(H2,39,40,41,42,43). The number of aromatic nitrogens is 4. The van der Waals surface area contributed by atoms with Gasteiger partial charge in [0.2, 0.25) is 5.75 Å². The molecule has 2 aromatic heterocycles. The predicted octanol–water partition coefficient (Wildman–Crippen LogP) is 6.17. The van der Waals surface area contributed by atoms with Crippen LogP contribution in [-0.2, 0) is 22.1 Å². The average molecular weight is 725 g/mol. The number of aryl methyl sites for hydroxylation is 1. The number of H-pyrrole nitrogens is 1. The van der Waals surface area contributed by atoms with E-state index in [0.29, 0.717) is 28.6 Å². The lowest BCUT2D eigenvalue weighted by Crippen LogP contribution is -2.53. The van der Waals surface area contributed by atoms with Crippen molar-refractivity contribution in [1.82, 2.24) is 30.0 Å². The Bertz CT molecular complexity index is 1990. The number of piperidine rings is 1. The Kier molecular flexibility index (Phi) is 10.9. The molecule has 2 N–H and O–H groups in total. The van der Waals surface area contributed by atoms with Gasteiger partial charge in [-0.05, 0) is 80.0 Å². The number of ether oxygens (including phenoxy) is 1. The van der Waals surface area contributed by atoms with Crippen molar-refractivity contribution in [3.05, 3.63) is 108 Å². The van der Waals surface area contributed by atoms with Crippen LogP contribution >= 0.6 is 11.8 Å². The molecule has 0 amide bonds. The summed E-state index contributed by atoms with van der Waals surface area (Å²) in [5.41, 5.74) is 3.05. The van der Waals surface area contributed by atoms with Crippen molar-refractivity contribution in [2.45, 2.75) is 53.1 Å². The molecule has 13 heteroatoms. The van der Waals surface area contributed by atoms with E-state index in [1.54, 1.807) is 19.2 Å². The zero-order valence-electron chi connectivity index (χ0n) is 29.0. The van der Waals surface area contributed by atoms with Crippen LogP contribution in [0.3, 0.4) is 0 Å². The Balaban J connectivity index is 1.05. The number of likely N-dealkylation sites (tertiary alicyclic amines) is 1. The molecule has 0 atom stereocenters. The molecular formula is C38H44N8O3S2. The lowest BCUT2D eigenvalue weighted by Gasteiger charge is -2.43. The van der Waals surface area contributed by atoms with Crippen LogP contribution in [0, 0.1) is 6.92 Å². The minimum absolute atomic E-state index is 0.0479. The molecule has 0 aliphatic carbocycles. The molecule has 5 aromatic rings. The highest BCUT2D eigenvalue weighted by Gasteiger charge is 2.30. The molecule has 0 radical (unpaired) electrons. The van der Waals surface area contributed by atoms with E-state index in [9.17, 15) is 8.42 Å². The number of aromatic amines is 1. The fourth-order valence-corrected chi connectivity index (χ4v) is 8.94. The molecule has 2 aliphatic rings. The molecule has 3 aromatic carbocycles. The first kappa shape index (κ1) is 35.0. The van der Waals surface area contributed by atoms with Gasteiger partial charge >= 0.3 is 0 Å². The van der Waals surface area contributed by atoms with Crippen LogP contribution in [0.1, 0.15) is 29.7 Å². The molecular weight excluding hydrogens is 681 g/mol. The van der Waals surface area contributed by atoms with E-state index in [1.165, 1.54) is 30.2 Å². The van der Waals surface area contributed by atoms with Gasteiger partial charge in [0.05, 0.1) is 17.8 Å². The minimum Gasteiger partial charge on any atom is -0.490 e. The lowest BCUT2D eigenvalue weighted by atomic mass is 10.0. The van der Waals surface area contributed by atoms with E-state index in [4.69, 9.17) is 14.7 Å². The van der Waals surface area contributed by atoms with Gasteiger partial charge in [0.25, 0.3) is 0 Å². The normalized spacial score (nSPS) is 16.3. The lowest BCUT2D eigenvalue weighted by molar-refractivity contribution is 0.0996. The molecule has 0 saturated carbocycles. The molecule has 2 saturated heterocycles. The monoisotopic (exact) mass is 724 g/mol. The summed E-state index contributed by atoms with van der Waals surface area (Å²) >= 11 is 1.38. The quantitative estimate of drug-likeness (QED) is 0.144. The maximum atomic E-state index is 13.1. The number of hydrogen-bond donors (Lipinski definition) is 2. The Labute approximate surface area is 304 Å². The Morgan fingerprint density at radius 2 is 1.53 bits per heavy atom. The van der Waals surface area contributed by atoms with Crippen molar-refractivity contribution in [1.29, 1.82) is 0 Å². The summed E-state index contributed by atoms with van der Waals surface area (Å²) in [6, 6.07) is 29.4. The topological polar surface area (TPSA) is 120 Å². The maximum Gasteiger partial charge on any atom is 0.204 e. The van der Waals surface area contributed by atoms with Gasteiger partial charge in [-0.2, -0.15) is 5.10 Å². The first-order valence-corrected chi connectivity index (χ1v) is 19.8. The van der Waals surface area contributed by atoms with Gasteiger partial charge < -0.3 is 15.0 Å². The summed E-state index contributed by atoms with van der Waals surface area (Å²) in [6.45, 7) is 8.70. The van der Waals surface area contributed by atoms with E-state index in [1.807, 2.05) is 55.5 Å². The van der Waals surface area contributed by atoms with Crippen molar-refractivity contribution in [2.24, 2.45) is 0 Å². The fourth-order valence-electron chi connectivity index (χ4n) is 6.84. The van der Waals surface area contributed by atoms with Crippen molar-refractivity contribution in [2.75, 3.05) is 56.6 Å². The van der Waals surface area contributed by atoms with E-state index >= 15 is 0 Å². The predicted molar refractivity (Wildman–Crippen MR) is 202 cm³/mol. The second-order valence-electron chi connectivity index (χ2n) is 13.1. The Morgan fingerprint density at radius 1 is 0.863 bits per heavy atom. The molecule has 2 fully saturated rings. The van der Waals surface area contributed by atoms with Crippen molar-refractivity contribution in [3.8, 4) is 5.75 Å². The number of nitrogens with zero attached hydrogens (tertiary/aromatic N) is 6. The number of methoxy groups -OCH3 is 1. The first-order valence-electron chi connectivity index (χ1n) is 17.4. The molecule has 51 heavy (non-hydrogen) atoms. The third kappa shape index (κ3) is 8.73. The van der Waals surface area contributed by atoms with E-state index in [0.717, 1.165) is 67.8 Å². The van der Waals surface area contributed by atoms with Gasteiger partial charge in [0.15, 0.2) is 32.4 Å². The molecule has 11 nitrogen and oxygen atoms in total. The third-order valence-electron chi connectivity index (χ3n) is 9.51. The SMILES string of the molecule is COc1c(Nc2cc(C)[nH]n2)nc(Sc2ccc(S(=O)(=O)Cc3ccccc3)cc2)nc1N1CCN(C2CCN(Cc3ccccc3)CC2)CC1. The molecule has 0 unspecified atom stereocenters. The van der Waals surface area contributed by atoms with Gasteiger partial charge in [0.1, 0.15) is 0 Å². The van der Waals surface area contributed by atoms with E-state index < -0.39 is 9.84 Å². The van der Waals surface area contributed by atoms with Gasteiger partial charge in [-0.25, -0.2) is 18.4 Å². The maximum absolute atomic E-state index is 13.1. The molecule has 266 valence electrons. The van der Waals surface area contributed by atoms with Crippen molar-refractivity contribution in [3.63, 3.8) is 0 Å². The summed E-state index contributed by atoms with van der Waals surface area (Å²) < 4.78 is 32.2. The molecule has 0 spiro atoms. The van der Waals surface area contributed by atoms with E-state index in [-0.39, 0.29) is 10.6 Å². The van der Waals surface area contributed by atoms with Crippen LogP contribution in [0.4, 0.5) is 17.5 Å². The summed E-state index contributed by atoms with van der Waals surface area (Å²) in [5, 5.41) is 11.2. The van der Waals surface area contributed by atoms with Crippen LogP contribution < -0.4 is 15.0 Å². The number of hydrogen-bond acceptors (Lipinski definition) is 11. The summed E-state index contributed by atoms with van der Waals surface area (Å²) in [7, 11) is -1.85. The number of sulfone groups is 1. The molecule has 0 bridgehead atoms. The third-order valence-corrected chi connectivity index (χ3v) is 12.1. The van der Waals surface area contributed by atoms with Gasteiger partial charge in [-0.15, -0.1) is 0 Å². The Morgan fingerprint density at radius 3 is 2.16 bits per heavy atom. The zero-order valence-corrected chi connectivity index (χ0v) is 30.7. The highest BCUT2D eigenvalue weighted by molar-refractivity contribution is 7.99. The fraction of sp³-hybridized carbons (Fsp3) is 0.342. The molecule has 2 aliphatic heterocycles. The highest BCUT2D eigenvalue weighted by Crippen LogP contribution is 2.39. The van der Waals surface area contributed by atoms with Gasteiger partial charge in [0, 0.05) is 55.4 Å². The first-order chi connectivity index (χ1) is 24.8. The van der Waals surface area contributed by atoms with E-state index in [2.05, 4.69) is 60.5 Å². The zero-order chi connectivity index (χ0) is 35.2. The van der Waals surface area contributed by atoms with Crippen LogP contribution in [-0.4, -0.2) is 90.8 Å². The molecule has 4 heterocycles. The van der Waals surface area contributed by atoms with Gasteiger partial charge in [-0.3, -0.25) is 14.9 Å². The number of rotatable bonds is 12. The number of benzene rings is 3. The van der Waals surface area contributed by atoms with Crippen LogP contribution in [0.25, 0.3) is 0 Å². The number of nitrogens with one attached hydrogen (secondary N) is 2.